The van der Waals surface area contributed by atoms with Crippen LogP contribution in [0.4, 0.5) is 0 Å². The molecule has 26 nitrogen and oxygen atoms in total. The Bertz CT molecular complexity index is 4830. The van der Waals surface area contributed by atoms with Crippen LogP contribution in [0, 0.1) is 13.8 Å². The molecule has 2 atom stereocenters. The van der Waals surface area contributed by atoms with Crippen molar-refractivity contribution in [1.82, 2.24) is 39.9 Å². The van der Waals surface area contributed by atoms with Gasteiger partial charge < -0.3 is 85.3 Å². The lowest BCUT2D eigenvalue weighted by Gasteiger charge is -2.27. The number of benzene rings is 4. The highest BCUT2D eigenvalue weighted by molar-refractivity contribution is 5.76. The summed E-state index contributed by atoms with van der Waals surface area (Å²) in [5, 5.41) is 0. The molecule has 0 N–H and O–H groups in total. The van der Waals surface area contributed by atoms with E-state index < -0.39 is 12.2 Å². The molecule has 0 fully saturated rings. The number of methoxy groups -OCH3 is 6. The van der Waals surface area contributed by atoms with Crippen LogP contribution in [0.1, 0.15) is 45.6 Å². The van der Waals surface area contributed by atoms with E-state index in [-0.39, 0.29) is 119 Å². The molecule has 0 spiro atoms. The third-order valence-corrected chi connectivity index (χ3v) is 19.2. The maximum atomic E-state index is 6.50. The predicted octanol–water partition coefficient (Wildman–Crippen LogP) is 16.1. The smallest absolute Gasteiger partial charge is 0.146 e. The molecule has 0 amide bonds. The number of hydrogen-bond donors (Lipinski definition) is 0. The molecule has 0 radical (unpaired) electrons. The molecule has 0 aliphatic carbocycles. The molecular formula is C96H106N8O18. The molecule has 0 saturated heterocycles. The van der Waals surface area contributed by atoms with Crippen molar-refractivity contribution in [2.24, 2.45) is 0 Å². The fraction of sp³-hybridized carbons (Fsp3) is 0.333. The molecule has 26 heteroatoms. The lowest BCUT2D eigenvalue weighted by molar-refractivity contribution is -0.169. The van der Waals surface area contributed by atoms with E-state index in [2.05, 4.69) is 9.97 Å². The molecule has 4 aromatic carbocycles. The van der Waals surface area contributed by atoms with Crippen LogP contribution in [0.15, 0.2) is 218 Å². The first-order valence-corrected chi connectivity index (χ1v) is 40.4. The monoisotopic (exact) mass is 1660 g/mol. The van der Waals surface area contributed by atoms with Crippen molar-refractivity contribution < 1.29 is 85.3 Å². The Morgan fingerprint density at radius 1 is 0.221 bits per heavy atom. The molecule has 0 bridgehead atoms. The highest BCUT2D eigenvalue weighted by Crippen LogP contribution is 2.35. The second kappa shape index (κ2) is 49.0. The van der Waals surface area contributed by atoms with Crippen LogP contribution >= 0.6 is 0 Å². The Balaban J connectivity index is 0.670. The molecule has 12 rings (SSSR count). The lowest BCUT2D eigenvalue weighted by Crippen LogP contribution is -2.41. The van der Waals surface area contributed by atoms with Gasteiger partial charge in [-0.25, -0.2) is 29.9 Å². The summed E-state index contributed by atoms with van der Waals surface area (Å²) >= 11 is 0. The molecular weight excluding hydrogens is 1550 g/mol. The number of aryl methyl sites for hydroxylation is 2. The summed E-state index contributed by atoms with van der Waals surface area (Å²) in [6.45, 7) is 8.74. The first-order valence-electron chi connectivity index (χ1n) is 40.4. The topological polar surface area (TPSA) is 269 Å². The van der Waals surface area contributed by atoms with Crippen molar-refractivity contribution in [3.05, 3.63) is 264 Å². The fourth-order valence-corrected chi connectivity index (χ4v) is 13.0. The van der Waals surface area contributed by atoms with E-state index in [0.29, 0.717) is 72.0 Å². The zero-order valence-corrected chi connectivity index (χ0v) is 70.4. The number of hydrogen-bond acceptors (Lipinski definition) is 26. The van der Waals surface area contributed by atoms with Gasteiger partial charge in [0.25, 0.3) is 0 Å². The molecule has 0 aliphatic rings. The molecule has 0 aliphatic heterocycles. The second-order valence-electron chi connectivity index (χ2n) is 28.1. The van der Waals surface area contributed by atoms with E-state index in [9.17, 15) is 0 Å². The minimum atomic E-state index is -0.640. The van der Waals surface area contributed by atoms with Gasteiger partial charge in [-0.05, 0) is 204 Å². The lowest BCUT2D eigenvalue weighted by atomic mass is 10.0. The third-order valence-electron chi connectivity index (χ3n) is 19.2. The zero-order valence-electron chi connectivity index (χ0n) is 70.4. The van der Waals surface area contributed by atoms with Gasteiger partial charge in [-0.1, -0.05) is 72.8 Å². The van der Waals surface area contributed by atoms with Gasteiger partial charge in [-0.15, -0.1) is 0 Å². The van der Waals surface area contributed by atoms with E-state index in [0.717, 1.165) is 113 Å². The van der Waals surface area contributed by atoms with Gasteiger partial charge in [0.1, 0.15) is 48.8 Å². The highest BCUT2D eigenvalue weighted by Gasteiger charge is 2.26. The first-order chi connectivity index (χ1) is 60.0. The number of ether oxygens (including phenoxy) is 18. The highest BCUT2D eigenvalue weighted by atomic mass is 16.7. The quantitative estimate of drug-likeness (QED) is 0.0253. The van der Waals surface area contributed by atoms with Crippen LogP contribution in [-0.4, -0.2) is 201 Å². The minimum absolute atomic E-state index is 0.00481. The van der Waals surface area contributed by atoms with E-state index in [1.54, 1.807) is 42.7 Å². The fourth-order valence-electron chi connectivity index (χ4n) is 13.0. The first kappa shape index (κ1) is 90.0. The maximum absolute atomic E-state index is 6.50. The van der Waals surface area contributed by atoms with Crippen LogP contribution in [0.2, 0.25) is 0 Å². The van der Waals surface area contributed by atoms with Gasteiger partial charge in [0.2, 0.25) is 0 Å². The molecule has 0 saturated carbocycles. The summed E-state index contributed by atoms with van der Waals surface area (Å²) in [4.78, 5) is 39.8. The summed E-state index contributed by atoms with van der Waals surface area (Å²) < 4.78 is 106. The molecule has 8 heterocycles. The normalized spacial score (nSPS) is 11.9. The van der Waals surface area contributed by atoms with Crippen molar-refractivity contribution in [3.63, 3.8) is 0 Å². The zero-order chi connectivity index (χ0) is 84.7. The molecule has 8 aromatic heterocycles. The van der Waals surface area contributed by atoms with E-state index in [1.807, 2.05) is 232 Å². The summed E-state index contributed by atoms with van der Waals surface area (Å²) in [5.74, 6) is 2.96. The van der Waals surface area contributed by atoms with Gasteiger partial charge in [0.05, 0.1) is 240 Å². The van der Waals surface area contributed by atoms with Crippen LogP contribution in [-0.2, 0) is 106 Å². The molecule has 122 heavy (non-hydrogen) atoms. The van der Waals surface area contributed by atoms with Crippen molar-refractivity contribution >= 4 is 0 Å². The Kier molecular flexibility index (Phi) is 36.1. The van der Waals surface area contributed by atoms with Crippen molar-refractivity contribution in [2.45, 2.75) is 65.7 Å². The third kappa shape index (κ3) is 28.4. The largest absolute Gasteiger partial charge is 0.497 e. The van der Waals surface area contributed by atoms with Crippen LogP contribution in [0.3, 0.4) is 0 Å². The Hall–Kier alpha value is -11.3. The van der Waals surface area contributed by atoms with Gasteiger partial charge in [-0.2, -0.15) is 0 Å². The molecule has 0 unspecified atom stereocenters. The van der Waals surface area contributed by atoms with Crippen LogP contribution in [0.25, 0.3) is 90.1 Å². The van der Waals surface area contributed by atoms with Crippen LogP contribution < -0.4 is 18.9 Å². The van der Waals surface area contributed by atoms with E-state index >= 15 is 0 Å². The van der Waals surface area contributed by atoms with Gasteiger partial charge in [-0.3, -0.25) is 9.97 Å². The summed E-state index contributed by atoms with van der Waals surface area (Å²) in [7, 11) is 9.82. The van der Waals surface area contributed by atoms with E-state index in [1.165, 1.54) is 0 Å². The van der Waals surface area contributed by atoms with Crippen molar-refractivity contribution in [1.29, 1.82) is 0 Å². The number of rotatable bonds is 53. The Morgan fingerprint density at radius 2 is 0.492 bits per heavy atom. The van der Waals surface area contributed by atoms with Crippen molar-refractivity contribution in [3.8, 4) is 113 Å². The maximum Gasteiger partial charge on any atom is 0.146 e. The number of aromatic nitrogens is 8. The van der Waals surface area contributed by atoms with Crippen molar-refractivity contribution in [2.75, 3.05) is 149 Å². The Morgan fingerprint density at radius 3 is 0.803 bits per heavy atom. The number of nitrogens with zero attached hydrogens (tertiary/aromatic N) is 8. The average molecular weight is 1660 g/mol. The molecule has 638 valence electrons. The number of pyridine rings is 8. The summed E-state index contributed by atoms with van der Waals surface area (Å²) in [5.41, 5.74) is 19.4. The standard InChI is InChI=1S/C96H106N8O18/c1-67-13-9-17-87(97-67)89-19-11-15-77(99-89)57-117-61-81-51-75(71-25-33-85(109-7)34-26-71)55-93(103-81)91-53-73(69-21-29-83(107-5)30-22-69)49-79(101-91)59-113-43-41-111-45-47-121-95(63-119-65-115-39-37-105-3)96(64-120-66-116-40-38-106-4)122-48-46-112-42-44-114-60-80-50-74(70-23-31-84(108-6)32-24-70)54-92(102-80)94-56-76(72-27-35-86(110-8)36-28-72)52-82(104-94)62-118-58-78-16-12-20-90(100-78)88-18-10-14-68(2)98-88/h9-36,49-56,95-96H,37-48,57-66H2,1-8H3/t95-,96-/m0/s1. The molecule has 12 aromatic rings. The average Bonchev–Trinajstić information content (AvgIpc) is 0.812. The van der Waals surface area contributed by atoms with Gasteiger partial charge in [0, 0.05) is 25.6 Å². The summed E-state index contributed by atoms with van der Waals surface area (Å²) in [6, 6.07) is 71.4. The summed E-state index contributed by atoms with van der Waals surface area (Å²) in [6.07, 6.45) is -1.28. The van der Waals surface area contributed by atoms with Gasteiger partial charge >= 0.3 is 0 Å². The van der Waals surface area contributed by atoms with Gasteiger partial charge in [0.15, 0.2) is 0 Å². The predicted molar refractivity (Wildman–Crippen MR) is 462 cm³/mol. The SMILES string of the molecule is COCCOCOC[C@H](OCCOCCOCc1cc(-c2ccc(OC)cc2)cc(-c2cc(-c3ccc(OC)cc3)cc(COCc3cccc(-c4cccc(C)n4)n3)n2)n1)[C@H](COCOCCOC)OCCOCCOCc1cc(-c2ccc(OC)cc2)cc(-c2cc(-c3ccc(OC)cc3)cc(COCc3cccc(-c4cccc(C)n4)n3)n2)n1. The Labute approximate surface area is 713 Å². The minimum Gasteiger partial charge on any atom is -0.497 e. The van der Waals surface area contributed by atoms with E-state index in [4.69, 9.17) is 115 Å². The second-order valence-corrected chi connectivity index (χ2v) is 28.1. The van der Waals surface area contributed by atoms with Crippen LogP contribution in [0.5, 0.6) is 23.0 Å².